The average Bonchev–Trinajstić information content (AvgIpc) is 2.67. The Bertz CT molecular complexity index is 721. The number of rotatable bonds is 6. The summed E-state index contributed by atoms with van der Waals surface area (Å²) in [6, 6.07) is 7.04. The normalized spacial score (nSPS) is 14.8. The Labute approximate surface area is 171 Å². The molecular formula is C21H31N3O5. The average molecular weight is 405 g/mol. The molecule has 8 nitrogen and oxygen atoms in total. The number of hydrogen-bond donors (Lipinski definition) is 2. The lowest BCUT2D eigenvalue weighted by molar-refractivity contribution is -0.132. The van der Waals surface area contributed by atoms with Crippen LogP contribution < -0.4 is 15.4 Å². The van der Waals surface area contributed by atoms with E-state index in [9.17, 15) is 14.4 Å². The summed E-state index contributed by atoms with van der Waals surface area (Å²) in [5, 5.41) is 5.62. The summed E-state index contributed by atoms with van der Waals surface area (Å²) in [7, 11) is 1.56. The Morgan fingerprint density at radius 3 is 2.48 bits per heavy atom. The van der Waals surface area contributed by atoms with E-state index in [1.54, 1.807) is 57.0 Å². The zero-order valence-corrected chi connectivity index (χ0v) is 17.6. The number of nitrogens with one attached hydrogen (secondary N) is 2. The van der Waals surface area contributed by atoms with Crippen molar-refractivity contribution in [1.82, 2.24) is 15.5 Å². The molecule has 0 radical (unpaired) electrons. The lowest BCUT2D eigenvalue weighted by atomic mass is 10.0. The minimum absolute atomic E-state index is 0.0152. The summed E-state index contributed by atoms with van der Waals surface area (Å²) in [6.45, 7) is 6.75. The molecule has 0 bridgehead atoms. The van der Waals surface area contributed by atoms with Crippen molar-refractivity contribution in [3.8, 4) is 5.75 Å². The summed E-state index contributed by atoms with van der Waals surface area (Å²) in [5.74, 6) is 0.479. The first-order valence-electron chi connectivity index (χ1n) is 9.87. The van der Waals surface area contributed by atoms with E-state index in [0.717, 1.165) is 0 Å². The third-order valence-electron chi connectivity index (χ3n) is 4.52. The van der Waals surface area contributed by atoms with Crippen LogP contribution in [-0.4, -0.2) is 61.2 Å². The van der Waals surface area contributed by atoms with Crippen molar-refractivity contribution < 1.29 is 23.9 Å². The van der Waals surface area contributed by atoms with Crippen molar-refractivity contribution >= 4 is 17.9 Å². The number of amides is 3. The Hall–Kier alpha value is -2.77. The molecule has 0 unspecified atom stereocenters. The number of piperidine rings is 1. The highest BCUT2D eigenvalue weighted by atomic mass is 16.6. The van der Waals surface area contributed by atoms with Gasteiger partial charge in [-0.1, -0.05) is 6.07 Å². The van der Waals surface area contributed by atoms with Gasteiger partial charge in [0.2, 0.25) is 5.91 Å². The van der Waals surface area contributed by atoms with Crippen LogP contribution in [0.1, 0.15) is 50.4 Å². The molecule has 0 aromatic heterocycles. The minimum Gasteiger partial charge on any atom is -0.497 e. The van der Waals surface area contributed by atoms with Crippen LogP contribution in [0, 0.1) is 0 Å². The molecule has 2 N–H and O–H groups in total. The number of benzene rings is 1. The lowest BCUT2D eigenvalue weighted by Crippen LogP contribution is -2.47. The van der Waals surface area contributed by atoms with Gasteiger partial charge in [-0.15, -0.1) is 0 Å². The second kappa shape index (κ2) is 10.1. The van der Waals surface area contributed by atoms with Gasteiger partial charge in [-0.2, -0.15) is 0 Å². The third kappa shape index (κ3) is 7.63. The SMILES string of the molecule is COc1cccc(C(=O)NC2CCN(C(=O)CCNC(=O)OC(C)(C)C)CC2)c1. The van der Waals surface area contributed by atoms with Crippen LogP contribution in [0.2, 0.25) is 0 Å². The van der Waals surface area contributed by atoms with E-state index in [4.69, 9.17) is 9.47 Å². The smallest absolute Gasteiger partial charge is 0.407 e. The zero-order chi connectivity index (χ0) is 21.4. The van der Waals surface area contributed by atoms with Gasteiger partial charge in [-0.05, 0) is 51.8 Å². The van der Waals surface area contributed by atoms with Gasteiger partial charge in [-0.25, -0.2) is 4.79 Å². The molecule has 1 aromatic carbocycles. The van der Waals surface area contributed by atoms with Crippen molar-refractivity contribution in [3.63, 3.8) is 0 Å². The molecule has 1 aliphatic heterocycles. The number of hydrogen-bond acceptors (Lipinski definition) is 5. The van der Waals surface area contributed by atoms with Gasteiger partial charge < -0.3 is 25.0 Å². The van der Waals surface area contributed by atoms with Crippen molar-refractivity contribution in [3.05, 3.63) is 29.8 Å². The van der Waals surface area contributed by atoms with Gasteiger partial charge >= 0.3 is 6.09 Å². The number of ether oxygens (including phenoxy) is 2. The van der Waals surface area contributed by atoms with E-state index in [1.165, 1.54) is 0 Å². The predicted octanol–water partition coefficient (Wildman–Crippen LogP) is 2.33. The second-order valence-electron chi connectivity index (χ2n) is 8.04. The maximum atomic E-state index is 12.4. The fourth-order valence-electron chi connectivity index (χ4n) is 3.05. The molecule has 1 fully saturated rings. The monoisotopic (exact) mass is 405 g/mol. The number of methoxy groups -OCH3 is 1. The molecule has 2 rings (SSSR count). The molecular weight excluding hydrogens is 374 g/mol. The molecule has 1 saturated heterocycles. The topological polar surface area (TPSA) is 97.0 Å². The van der Waals surface area contributed by atoms with E-state index in [0.29, 0.717) is 37.2 Å². The molecule has 0 aliphatic carbocycles. The minimum atomic E-state index is -0.564. The van der Waals surface area contributed by atoms with Crippen LogP contribution in [0.5, 0.6) is 5.75 Å². The number of carbonyl (C=O) groups excluding carboxylic acids is 3. The molecule has 8 heteroatoms. The highest BCUT2D eigenvalue weighted by molar-refractivity contribution is 5.94. The predicted molar refractivity (Wildman–Crippen MR) is 109 cm³/mol. The summed E-state index contributed by atoms with van der Waals surface area (Å²) in [5.41, 5.74) is -0.0123. The first-order valence-corrected chi connectivity index (χ1v) is 9.87. The molecule has 3 amide bonds. The number of nitrogens with zero attached hydrogens (tertiary/aromatic N) is 1. The van der Waals surface area contributed by atoms with Crippen molar-refractivity contribution in [2.45, 2.75) is 51.7 Å². The van der Waals surface area contributed by atoms with E-state index < -0.39 is 11.7 Å². The molecule has 0 atom stereocenters. The fourth-order valence-corrected chi connectivity index (χ4v) is 3.05. The van der Waals surface area contributed by atoms with Crippen LogP contribution in [0.3, 0.4) is 0 Å². The maximum Gasteiger partial charge on any atom is 0.407 e. The second-order valence-corrected chi connectivity index (χ2v) is 8.04. The Morgan fingerprint density at radius 1 is 1.17 bits per heavy atom. The first-order chi connectivity index (χ1) is 13.7. The van der Waals surface area contributed by atoms with Crippen LogP contribution in [-0.2, 0) is 9.53 Å². The number of carbonyl (C=O) groups is 3. The maximum absolute atomic E-state index is 12.4. The zero-order valence-electron chi connectivity index (χ0n) is 17.6. The molecule has 0 spiro atoms. The molecule has 160 valence electrons. The summed E-state index contributed by atoms with van der Waals surface area (Å²) < 4.78 is 10.3. The van der Waals surface area contributed by atoms with E-state index in [2.05, 4.69) is 10.6 Å². The van der Waals surface area contributed by atoms with Crippen LogP contribution in [0.25, 0.3) is 0 Å². The fraction of sp³-hybridized carbons (Fsp3) is 0.571. The molecule has 29 heavy (non-hydrogen) atoms. The Balaban J connectivity index is 1.70. The first kappa shape index (κ1) is 22.5. The standard InChI is InChI=1S/C21H31N3O5/c1-21(2,3)29-20(27)22-11-8-18(25)24-12-9-16(10-13-24)23-19(26)15-6-5-7-17(14-15)28-4/h5-7,14,16H,8-13H2,1-4H3,(H,22,27)(H,23,26). The third-order valence-corrected chi connectivity index (χ3v) is 4.52. The van der Waals surface area contributed by atoms with Crippen molar-refractivity contribution in [2.75, 3.05) is 26.7 Å². The van der Waals surface area contributed by atoms with E-state index >= 15 is 0 Å². The van der Waals surface area contributed by atoms with Crippen LogP contribution >= 0.6 is 0 Å². The van der Waals surface area contributed by atoms with E-state index in [-0.39, 0.29) is 30.8 Å². The van der Waals surface area contributed by atoms with Gasteiger partial charge in [0.25, 0.3) is 5.91 Å². The van der Waals surface area contributed by atoms with Gasteiger partial charge in [0, 0.05) is 37.7 Å². The Morgan fingerprint density at radius 2 is 1.86 bits per heavy atom. The van der Waals surface area contributed by atoms with Gasteiger partial charge in [-0.3, -0.25) is 9.59 Å². The molecule has 1 aromatic rings. The largest absolute Gasteiger partial charge is 0.497 e. The molecule has 1 heterocycles. The molecule has 0 saturated carbocycles. The summed E-state index contributed by atoms with van der Waals surface area (Å²) in [6.07, 6.45) is 1.09. The van der Waals surface area contributed by atoms with Gasteiger partial charge in [0.05, 0.1) is 7.11 Å². The lowest BCUT2D eigenvalue weighted by Gasteiger charge is -2.32. The quantitative estimate of drug-likeness (QED) is 0.757. The highest BCUT2D eigenvalue weighted by Gasteiger charge is 2.24. The van der Waals surface area contributed by atoms with Crippen molar-refractivity contribution in [2.24, 2.45) is 0 Å². The number of alkyl carbamates (subject to hydrolysis) is 1. The van der Waals surface area contributed by atoms with Crippen molar-refractivity contribution in [1.29, 1.82) is 0 Å². The van der Waals surface area contributed by atoms with Crippen LogP contribution in [0.15, 0.2) is 24.3 Å². The van der Waals surface area contributed by atoms with E-state index in [1.807, 2.05) is 0 Å². The molecule has 1 aliphatic rings. The van der Waals surface area contributed by atoms with Gasteiger partial charge in [0.15, 0.2) is 0 Å². The van der Waals surface area contributed by atoms with Gasteiger partial charge in [0.1, 0.15) is 11.4 Å². The number of likely N-dealkylation sites (tertiary alicyclic amines) is 1. The Kier molecular flexibility index (Phi) is 7.87. The highest BCUT2D eigenvalue weighted by Crippen LogP contribution is 2.15. The summed E-state index contributed by atoms with van der Waals surface area (Å²) in [4.78, 5) is 38.1. The van der Waals surface area contributed by atoms with Crippen LogP contribution in [0.4, 0.5) is 4.79 Å². The summed E-state index contributed by atoms with van der Waals surface area (Å²) >= 11 is 0.